The minimum atomic E-state index is -1.57. The SMILES string of the molecule is CC(=O)N[C@@H](CCCN=C(N)N)C(=O)N[C@H]1CC(=O)NCCCC[C@@H](C(N)=O)NC(=O)[C@H](Cc2c[nH]c3ccccc23)NC(=O)[C@H](CCCN=C(N)N)NC(=O)[C@@H](Cc2ccc(F)cc2)NC(=O)[C@@H]2CCCN2C1=O. The number of aliphatic imine (C=N–C) groups is 2. The molecule has 2 aliphatic heterocycles. The first-order chi connectivity index (χ1) is 35.8. The summed E-state index contributed by atoms with van der Waals surface area (Å²) < 4.78 is 14.1. The molecule has 0 spiro atoms. The van der Waals surface area contributed by atoms with Crippen LogP contribution in [0.25, 0.3) is 10.9 Å². The number of para-hydroxylation sites is 1. The molecule has 3 heterocycles. The molecule has 3 aromatic rings. The lowest BCUT2D eigenvalue weighted by Gasteiger charge is -2.31. The number of H-pyrrole nitrogens is 1. The van der Waals surface area contributed by atoms with Gasteiger partial charge in [-0.05, 0) is 87.1 Å². The molecule has 0 radical (unpaired) electrons. The molecule has 2 aliphatic rings. The van der Waals surface area contributed by atoms with E-state index in [0.29, 0.717) is 17.5 Å². The van der Waals surface area contributed by atoms with Gasteiger partial charge in [-0.15, -0.1) is 0 Å². The van der Waals surface area contributed by atoms with Gasteiger partial charge in [-0.3, -0.25) is 53.1 Å². The van der Waals surface area contributed by atoms with Crippen LogP contribution in [0.4, 0.5) is 4.39 Å². The number of guanidine groups is 2. The zero-order chi connectivity index (χ0) is 54.6. The number of rotatable bonds is 16. The van der Waals surface area contributed by atoms with E-state index in [4.69, 9.17) is 28.7 Å². The lowest BCUT2D eigenvalue weighted by Crippen LogP contribution is -2.60. The summed E-state index contributed by atoms with van der Waals surface area (Å²) in [6.07, 6.45) is 2.06. The van der Waals surface area contributed by atoms with Gasteiger partial charge in [0.1, 0.15) is 48.1 Å². The van der Waals surface area contributed by atoms with E-state index in [2.05, 4.69) is 52.2 Å². The molecule has 2 fully saturated rings. The molecule has 9 amide bonds. The van der Waals surface area contributed by atoms with Crippen LogP contribution in [0.15, 0.2) is 64.7 Å². The lowest BCUT2D eigenvalue weighted by molar-refractivity contribution is -0.143. The Morgan fingerprint density at radius 1 is 0.760 bits per heavy atom. The Morgan fingerprint density at radius 3 is 2.09 bits per heavy atom. The Kier molecular flexibility index (Phi) is 21.7. The van der Waals surface area contributed by atoms with Crippen LogP contribution in [0.5, 0.6) is 0 Å². The minimum Gasteiger partial charge on any atom is -0.370 e. The molecule has 2 aromatic carbocycles. The molecule has 2 saturated heterocycles. The standard InChI is InChI=1S/C49H69FN16O9/c1-27(67)60-34(12-6-20-57-48(52)53)42(70)65-38-25-40(68)56-19-5-4-11-33(41(51)69)61-45(73)37(24-29-26-59-32-10-3-2-9-31(29)32)63-43(71)35(13-7-21-58-49(54)55)62-44(72)36(23-28-15-17-30(50)18-16-28)64-46(74)39-14-8-22-66(39)47(38)75/h2-3,9-10,15-18,26,33-39,59H,4-8,11-14,19-25H2,1H3,(H2,51,69)(H,56,68)(H,60,67)(H,61,73)(H,62,72)(H,63,71)(H,64,74)(H,65,70)(H4,52,53,57)(H4,54,55,58)/t33-,34-,35-,36+,37-,38-,39-/m0/s1. The highest BCUT2D eigenvalue weighted by Crippen LogP contribution is 2.22. The van der Waals surface area contributed by atoms with Crippen molar-refractivity contribution in [3.8, 4) is 0 Å². The van der Waals surface area contributed by atoms with Crippen molar-refractivity contribution < 1.29 is 47.5 Å². The number of hydrogen-bond donors (Lipinski definition) is 13. The quantitative estimate of drug-likeness (QED) is 0.0395. The van der Waals surface area contributed by atoms with Crippen molar-refractivity contribution in [2.24, 2.45) is 38.7 Å². The van der Waals surface area contributed by atoms with Crippen LogP contribution in [0.2, 0.25) is 0 Å². The number of benzene rings is 2. The van der Waals surface area contributed by atoms with Gasteiger partial charge in [0.25, 0.3) is 0 Å². The molecule has 0 aliphatic carbocycles. The topological polar surface area (TPSA) is 412 Å². The molecule has 0 unspecified atom stereocenters. The normalized spacial score (nSPS) is 22.0. The number of hydrogen-bond acceptors (Lipinski definition) is 11. The van der Waals surface area contributed by atoms with Crippen molar-refractivity contribution >= 4 is 76.0 Å². The number of nitrogens with two attached hydrogens (primary N) is 5. The summed E-state index contributed by atoms with van der Waals surface area (Å²) in [5.74, 6) is -7.95. The molecule has 406 valence electrons. The number of amides is 9. The first-order valence-corrected chi connectivity index (χ1v) is 24.8. The molecule has 5 rings (SSSR count). The number of aromatic nitrogens is 1. The zero-order valence-corrected chi connectivity index (χ0v) is 41.8. The summed E-state index contributed by atoms with van der Waals surface area (Å²) in [5.41, 5.74) is 29.6. The summed E-state index contributed by atoms with van der Waals surface area (Å²) in [6, 6.07) is 3.02. The minimum absolute atomic E-state index is 0.0128. The van der Waals surface area contributed by atoms with Crippen molar-refractivity contribution in [2.75, 3.05) is 26.2 Å². The van der Waals surface area contributed by atoms with Gasteiger partial charge in [0.15, 0.2) is 11.9 Å². The van der Waals surface area contributed by atoms with E-state index >= 15 is 0 Å². The van der Waals surface area contributed by atoms with Gasteiger partial charge in [-0.2, -0.15) is 0 Å². The van der Waals surface area contributed by atoms with Crippen molar-refractivity contribution in [3.05, 3.63) is 71.7 Å². The third kappa shape index (κ3) is 18.0. The third-order valence-corrected chi connectivity index (χ3v) is 12.7. The van der Waals surface area contributed by atoms with Crippen molar-refractivity contribution in [1.29, 1.82) is 0 Å². The number of nitrogens with zero attached hydrogens (tertiary/aromatic N) is 3. The van der Waals surface area contributed by atoms with Crippen molar-refractivity contribution in [3.63, 3.8) is 0 Å². The number of carbonyl (C=O) groups excluding carboxylic acids is 9. The van der Waals surface area contributed by atoms with Crippen LogP contribution in [0, 0.1) is 5.82 Å². The number of nitrogens with one attached hydrogen (secondary N) is 8. The van der Waals surface area contributed by atoms with E-state index < -0.39 is 108 Å². The van der Waals surface area contributed by atoms with Crippen LogP contribution in [-0.2, 0) is 56.0 Å². The van der Waals surface area contributed by atoms with Crippen LogP contribution in [-0.4, -0.2) is 143 Å². The van der Waals surface area contributed by atoms with Gasteiger partial charge in [0, 0.05) is 63.0 Å². The van der Waals surface area contributed by atoms with E-state index in [-0.39, 0.29) is 102 Å². The van der Waals surface area contributed by atoms with E-state index in [1.54, 1.807) is 12.3 Å². The maximum absolute atomic E-state index is 14.6. The monoisotopic (exact) mass is 1040 g/mol. The Bertz CT molecular complexity index is 2580. The summed E-state index contributed by atoms with van der Waals surface area (Å²) in [6.45, 7) is 1.40. The Morgan fingerprint density at radius 2 is 1.40 bits per heavy atom. The first-order valence-electron chi connectivity index (χ1n) is 24.8. The average molecular weight is 1050 g/mol. The van der Waals surface area contributed by atoms with Gasteiger partial charge in [-0.25, -0.2) is 4.39 Å². The number of aromatic amines is 1. The van der Waals surface area contributed by atoms with Crippen LogP contribution < -0.4 is 65.9 Å². The van der Waals surface area contributed by atoms with E-state index in [0.717, 1.165) is 23.0 Å². The molecule has 26 heteroatoms. The maximum Gasteiger partial charge on any atom is 0.246 e. The molecule has 18 N–H and O–H groups in total. The third-order valence-electron chi connectivity index (χ3n) is 12.7. The lowest BCUT2D eigenvalue weighted by atomic mass is 10.0. The Hall–Kier alpha value is -8.32. The second-order valence-electron chi connectivity index (χ2n) is 18.5. The fourth-order valence-electron chi connectivity index (χ4n) is 8.89. The van der Waals surface area contributed by atoms with Crippen molar-refractivity contribution in [1.82, 2.24) is 47.1 Å². The Balaban J connectivity index is 1.52. The molecule has 25 nitrogen and oxygen atoms in total. The average Bonchev–Trinajstić information content (AvgIpc) is 4.02. The number of fused-ring (bicyclic) bond motifs is 2. The summed E-state index contributed by atoms with van der Waals surface area (Å²) in [7, 11) is 0. The summed E-state index contributed by atoms with van der Waals surface area (Å²) >= 11 is 0. The predicted molar refractivity (Wildman–Crippen MR) is 275 cm³/mol. The highest BCUT2D eigenvalue weighted by Gasteiger charge is 2.41. The fourth-order valence-corrected chi connectivity index (χ4v) is 8.89. The predicted octanol–water partition coefficient (Wildman–Crippen LogP) is -2.71. The van der Waals surface area contributed by atoms with Crippen LogP contribution in [0.1, 0.15) is 82.3 Å². The second-order valence-corrected chi connectivity index (χ2v) is 18.5. The largest absolute Gasteiger partial charge is 0.370 e. The highest BCUT2D eigenvalue weighted by molar-refractivity contribution is 5.99. The number of carbonyl (C=O) groups is 9. The van der Waals surface area contributed by atoms with Gasteiger partial charge in [0.05, 0.1) is 6.42 Å². The second kappa shape index (κ2) is 28.2. The Labute approximate surface area is 432 Å². The van der Waals surface area contributed by atoms with E-state index in [9.17, 15) is 47.5 Å². The maximum atomic E-state index is 14.6. The fraction of sp³-hybridized carbons (Fsp3) is 0.490. The molecular weight excluding hydrogens is 976 g/mol. The number of halogens is 1. The molecular formula is C49H69FN16O9. The smallest absolute Gasteiger partial charge is 0.246 e. The summed E-state index contributed by atoms with van der Waals surface area (Å²) in [5, 5.41) is 19.5. The van der Waals surface area contributed by atoms with Gasteiger partial charge in [0.2, 0.25) is 53.2 Å². The van der Waals surface area contributed by atoms with Gasteiger partial charge >= 0.3 is 0 Å². The molecule has 1 aromatic heterocycles. The van der Waals surface area contributed by atoms with E-state index in [1.807, 2.05) is 18.2 Å². The van der Waals surface area contributed by atoms with Crippen LogP contribution in [0.3, 0.4) is 0 Å². The summed E-state index contributed by atoms with van der Waals surface area (Å²) in [4.78, 5) is 137. The zero-order valence-electron chi connectivity index (χ0n) is 41.8. The number of primary amides is 1. The first kappa shape index (κ1) is 57.6. The highest BCUT2D eigenvalue weighted by atomic mass is 19.1. The van der Waals surface area contributed by atoms with E-state index in [1.165, 1.54) is 24.0 Å². The van der Waals surface area contributed by atoms with Gasteiger partial charge in [-0.1, -0.05) is 30.3 Å². The molecule has 7 atom stereocenters. The van der Waals surface area contributed by atoms with Gasteiger partial charge < -0.3 is 75.8 Å². The molecule has 75 heavy (non-hydrogen) atoms. The van der Waals surface area contributed by atoms with Crippen molar-refractivity contribution in [2.45, 2.75) is 126 Å². The molecule has 0 saturated carbocycles. The molecule has 0 bridgehead atoms. The van der Waals surface area contributed by atoms with Crippen LogP contribution >= 0.6 is 0 Å².